The molecule has 2 aromatic heterocycles. The van der Waals surface area contributed by atoms with Crippen molar-refractivity contribution in [1.82, 2.24) is 26.1 Å². The molecular weight excluding hydrogens is 788 g/mol. The van der Waals surface area contributed by atoms with E-state index in [9.17, 15) is 8.42 Å². The summed E-state index contributed by atoms with van der Waals surface area (Å²) in [5.74, 6) is 2.82. The van der Waals surface area contributed by atoms with Gasteiger partial charge in [0.1, 0.15) is 0 Å². The molecule has 8 rings (SSSR count). The van der Waals surface area contributed by atoms with Gasteiger partial charge in [-0.1, -0.05) is 72.8 Å². The first-order chi connectivity index (χ1) is 27.7. The Morgan fingerprint density at radius 1 is 0.683 bits per heavy atom. The zero-order chi connectivity index (χ0) is 40.0. The second-order valence-corrected chi connectivity index (χ2v) is 16.1. The fourth-order valence-electron chi connectivity index (χ4n) is 7.47. The molecule has 0 atom stereocenters. The first-order valence-corrected chi connectivity index (χ1v) is 21.2. The molecule has 0 saturated carbocycles. The van der Waals surface area contributed by atoms with Crippen LogP contribution in [-0.4, -0.2) is 73.9 Å². The van der Waals surface area contributed by atoms with E-state index in [2.05, 4.69) is 92.6 Å². The van der Waals surface area contributed by atoms with Crippen LogP contribution in [0.2, 0.25) is 0 Å². The van der Waals surface area contributed by atoms with Crippen LogP contribution in [-0.2, 0) is 14.3 Å². The number of hydrogen-bond acceptors (Lipinski definition) is 10. The van der Waals surface area contributed by atoms with E-state index in [0.29, 0.717) is 5.92 Å². The van der Waals surface area contributed by atoms with Crippen LogP contribution in [0, 0.1) is 11.8 Å². The Morgan fingerprint density at radius 3 is 1.48 bits per heavy atom. The molecular formula is C43H55N12NaO3S. The number of benzene rings is 4. The fourth-order valence-corrected chi connectivity index (χ4v) is 7.86. The van der Waals surface area contributed by atoms with Crippen LogP contribution in [0.5, 0.6) is 0 Å². The zero-order valence-electron chi connectivity index (χ0n) is 34.8. The molecule has 0 unspecified atom stereocenters. The van der Waals surface area contributed by atoms with Crippen molar-refractivity contribution in [3.8, 4) is 22.5 Å². The van der Waals surface area contributed by atoms with Crippen LogP contribution in [0.4, 0.5) is 11.9 Å². The molecule has 0 spiro atoms. The molecule has 2 fully saturated rings. The molecule has 17 heteroatoms. The van der Waals surface area contributed by atoms with Crippen molar-refractivity contribution in [2.75, 3.05) is 55.4 Å². The van der Waals surface area contributed by atoms with Gasteiger partial charge in [-0.2, -0.15) is 8.42 Å². The summed E-state index contributed by atoms with van der Waals surface area (Å²) in [4.78, 5) is 24.6. The van der Waals surface area contributed by atoms with Gasteiger partial charge in [-0.05, 0) is 103 Å². The molecule has 60 heavy (non-hydrogen) atoms. The number of nitrogens with zero attached hydrogens (tertiary/aromatic N) is 9. The van der Waals surface area contributed by atoms with Gasteiger partial charge in [0.05, 0.1) is 24.3 Å². The number of piperidine rings is 2. The maximum atomic E-state index is 11.1. The standard InChI is InChI=1S/C22H25N3O3S.C21H24N4.N3.H3N.H2N.Na/c1-29(26,27)28-15-11-17-9-13-25(14-10-17)22-23-12-8-21(24-22)20-7-6-18-4-2-3-5-19(18)16-20;22-11-7-16-9-13-25(14-10-16)21-23-12-8-20(24-21)19-6-5-17-3-1-2-4-18(17)15-19;1-3-2;;;/h2-8,12,16-17H,9-11,13-15H2,1H3;1-6,8,12,15-16H,7,9-11,13-14,22H2;;1H3;1H2;/q;;-1;;-1;+1/p+1. The van der Waals surface area contributed by atoms with Crippen molar-refractivity contribution in [2.45, 2.75) is 38.5 Å². The summed E-state index contributed by atoms with van der Waals surface area (Å²) in [5.41, 5.74) is 23.3. The second kappa shape index (κ2) is 24.5. The summed E-state index contributed by atoms with van der Waals surface area (Å²) in [7, 11) is -3.35. The summed E-state index contributed by atoms with van der Waals surface area (Å²) in [6.07, 6.45) is 11.0. The van der Waals surface area contributed by atoms with Gasteiger partial charge in [0, 0.05) is 49.7 Å². The molecule has 312 valence electrons. The maximum absolute atomic E-state index is 11.1. The Kier molecular flexibility index (Phi) is 20.3. The van der Waals surface area contributed by atoms with Crippen LogP contribution < -0.4 is 51.2 Å². The zero-order valence-corrected chi connectivity index (χ0v) is 37.7. The number of anilines is 2. The van der Waals surface area contributed by atoms with Crippen LogP contribution in [0.3, 0.4) is 0 Å². The molecule has 2 aliphatic rings. The second-order valence-electron chi connectivity index (χ2n) is 14.5. The Bertz CT molecular complexity index is 2390. The SMILES string of the molecule is CS(=O)(=O)OCCC1CCN(c2nccc(-c3ccc4ccccc4c3)n2)CC1.NCCC1CCN(c2nccc(-c3ccc4ccccc4c3)n2)CC1.[N-]=[N+]=[N-].[NH2-].[NH4+].[Na+]. The third-order valence-electron chi connectivity index (χ3n) is 10.6. The molecule has 0 aliphatic carbocycles. The van der Waals surface area contributed by atoms with E-state index in [4.69, 9.17) is 30.9 Å². The number of aromatic nitrogens is 4. The third kappa shape index (κ3) is 14.2. The van der Waals surface area contributed by atoms with Crippen molar-refractivity contribution in [2.24, 2.45) is 17.6 Å². The number of hydrogen-bond donors (Lipinski definition) is 2. The Labute approximate surface area is 375 Å². The van der Waals surface area contributed by atoms with Crippen molar-refractivity contribution >= 4 is 43.6 Å². The quantitative estimate of drug-likeness (QED) is 0.0485. The minimum Gasteiger partial charge on any atom is -0.693 e. The first kappa shape index (κ1) is 49.6. The summed E-state index contributed by atoms with van der Waals surface area (Å²) < 4.78 is 27.0. The molecule has 15 nitrogen and oxygen atoms in total. The molecule has 4 aromatic carbocycles. The van der Waals surface area contributed by atoms with Crippen molar-refractivity contribution in [3.63, 3.8) is 0 Å². The predicted octanol–water partition coefficient (Wildman–Crippen LogP) is 6.70. The molecule has 2 saturated heterocycles. The molecule has 0 amide bonds. The average molecular weight is 843 g/mol. The van der Waals surface area contributed by atoms with Crippen molar-refractivity contribution in [3.05, 3.63) is 132 Å². The van der Waals surface area contributed by atoms with Crippen LogP contribution in [0.1, 0.15) is 38.5 Å². The van der Waals surface area contributed by atoms with E-state index < -0.39 is 10.1 Å². The van der Waals surface area contributed by atoms with Gasteiger partial charge in [0.15, 0.2) is 0 Å². The maximum Gasteiger partial charge on any atom is 1.00 e. The van der Waals surface area contributed by atoms with E-state index in [0.717, 1.165) is 105 Å². The third-order valence-corrected chi connectivity index (χ3v) is 11.2. The van der Waals surface area contributed by atoms with E-state index in [-0.39, 0.29) is 48.5 Å². The Morgan fingerprint density at radius 2 is 1.08 bits per heavy atom. The average Bonchev–Trinajstić information content (AvgIpc) is 3.24. The van der Waals surface area contributed by atoms with Crippen LogP contribution in [0.25, 0.3) is 66.2 Å². The number of rotatable bonds is 10. The van der Waals surface area contributed by atoms with Gasteiger partial charge in [0.2, 0.25) is 11.9 Å². The smallest absolute Gasteiger partial charge is 0.693 e. The molecule has 4 heterocycles. The Hall–Kier alpha value is -4.74. The number of fused-ring (bicyclic) bond motifs is 2. The summed E-state index contributed by atoms with van der Waals surface area (Å²) in [6.45, 7) is 4.82. The van der Waals surface area contributed by atoms with E-state index in [1.807, 2.05) is 36.7 Å². The molecule has 8 N–H and O–H groups in total. The van der Waals surface area contributed by atoms with Crippen molar-refractivity contribution < 1.29 is 42.2 Å². The molecule has 6 aromatic rings. The topological polar surface area (TPSA) is 256 Å². The molecule has 2 aliphatic heterocycles. The van der Waals surface area contributed by atoms with E-state index in [1.165, 1.54) is 39.3 Å². The fraction of sp³-hybridized carbons (Fsp3) is 0.349. The largest absolute Gasteiger partial charge is 1.00 e. The van der Waals surface area contributed by atoms with Crippen molar-refractivity contribution in [1.29, 1.82) is 0 Å². The number of nitrogens with two attached hydrogens (primary N) is 2. The van der Waals surface area contributed by atoms with Gasteiger partial charge >= 0.3 is 29.6 Å². The van der Waals surface area contributed by atoms with E-state index >= 15 is 0 Å². The molecule has 0 radical (unpaired) electrons. The summed E-state index contributed by atoms with van der Waals surface area (Å²) >= 11 is 0. The monoisotopic (exact) mass is 842 g/mol. The van der Waals surface area contributed by atoms with Gasteiger partial charge in [-0.3, -0.25) is 9.09 Å². The Balaban J connectivity index is 0.000000289. The first-order valence-electron chi connectivity index (χ1n) is 19.4. The van der Waals surface area contributed by atoms with E-state index in [1.54, 1.807) is 0 Å². The van der Waals surface area contributed by atoms with Gasteiger partial charge < -0.3 is 38.9 Å². The summed E-state index contributed by atoms with van der Waals surface area (Å²) in [6, 6.07) is 33.5. The normalized spacial score (nSPS) is 14.2. The van der Waals surface area contributed by atoms with Gasteiger partial charge in [0.25, 0.3) is 10.1 Å². The predicted molar refractivity (Wildman–Crippen MR) is 240 cm³/mol. The van der Waals surface area contributed by atoms with Crippen LogP contribution >= 0.6 is 0 Å². The van der Waals surface area contributed by atoms with Gasteiger partial charge in [-0.15, -0.1) is 0 Å². The summed E-state index contributed by atoms with van der Waals surface area (Å²) in [5, 5.41) is 4.90. The van der Waals surface area contributed by atoms with Gasteiger partial charge in [-0.25, -0.2) is 19.9 Å². The molecule has 0 bridgehead atoms. The minimum atomic E-state index is -3.35. The number of quaternary nitrogens is 1. The van der Waals surface area contributed by atoms with Crippen LogP contribution in [0.15, 0.2) is 109 Å². The minimum absolute atomic E-state index is 0.